The Kier molecular flexibility index (Phi) is 3.16. The van der Waals surface area contributed by atoms with Gasteiger partial charge in [-0.1, -0.05) is 18.2 Å². The molecule has 7 rings (SSSR count). The van der Waals surface area contributed by atoms with Gasteiger partial charge in [-0.05, 0) is 18.2 Å². The molecule has 0 saturated carbocycles. The number of fused-ring (bicyclic) bond motifs is 1. The zero-order chi connectivity index (χ0) is 18.7. The third kappa shape index (κ3) is 1.82. The molecule has 4 aromatic rings. The van der Waals surface area contributed by atoms with Crippen LogP contribution in [0.15, 0.2) is 88.6 Å². The van der Waals surface area contributed by atoms with Crippen LogP contribution in [-0.4, -0.2) is 7.11 Å². The number of benzene rings is 1. The fraction of sp³-hybridized carbons (Fsp3) is 0.208. The molecule has 3 aromatic heterocycles. The zero-order valence-electron chi connectivity index (χ0n) is 15.5. The normalized spacial score (nSPS) is 21.2. The molecule has 2 bridgehead atoms. The van der Waals surface area contributed by atoms with Gasteiger partial charge in [0.1, 0.15) is 5.75 Å². The summed E-state index contributed by atoms with van der Waals surface area (Å²) in [5.41, 5.74) is 5.99. The molecule has 2 aliphatic heterocycles. The molecular weight excluding hydrogens is 350 g/mol. The Hall–Kier alpha value is -3.27. The molecule has 1 aliphatic carbocycles. The van der Waals surface area contributed by atoms with Crippen LogP contribution in [0.4, 0.5) is 0 Å². The molecule has 0 amide bonds. The number of ether oxygens (including phenoxy) is 1. The van der Waals surface area contributed by atoms with E-state index in [-0.39, 0.29) is 17.4 Å². The Morgan fingerprint density at radius 1 is 0.964 bits per heavy atom. The van der Waals surface area contributed by atoms with Crippen molar-refractivity contribution in [3.05, 3.63) is 108 Å². The molecule has 4 heteroatoms. The van der Waals surface area contributed by atoms with E-state index in [1.54, 1.807) is 19.6 Å². The molecule has 4 nitrogen and oxygen atoms in total. The first-order valence-electron chi connectivity index (χ1n) is 9.57. The van der Waals surface area contributed by atoms with E-state index in [0.29, 0.717) is 0 Å². The smallest absolute Gasteiger partial charge is 0.190 e. The van der Waals surface area contributed by atoms with Crippen molar-refractivity contribution < 1.29 is 18.1 Å². The Bertz CT molecular complexity index is 1110. The minimum absolute atomic E-state index is 0.0973. The predicted molar refractivity (Wildman–Crippen MR) is 102 cm³/mol. The van der Waals surface area contributed by atoms with Crippen molar-refractivity contribution in [2.24, 2.45) is 0 Å². The van der Waals surface area contributed by atoms with Crippen molar-refractivity contribution in [2.45, 2.75) is 23.8 Å². The Labute approximate surface area is 163 Å². The van der Waals surface area contributed by atoms with Gasteiger partial charge in [0, 0.05) is 40.8 Å². The molecular formula is C24H20NO3+. The molecule has 28 heavy (non-hydrogen) atoms. The first-order valence-corrected chi connectivity index (χ1v) is 9.57. The first kappa shape index (κ1) is 15.8. The summed E-state index contributed by atoms with van der Waals surface area (Å²) in [5.74, 6) is 1.04. The number of furan rings is 2. The van der Waals surface area contributed by atoms with Gasteiger partial charge < -0.3 is 13.6 Å². The number of rotatable bonds is 3. The Morgan fingerprint density at radius 3 is 2.43 bits per heavy atom. The second-order valence-electron chi connectivity index (χ2n) is 7.64. The van der Waals surface area contributed by atoms with Gasteiger partial charge in [0.25, 0.3) is 0 Å². The van der Waals surface area contributed by atoms with E-state index in [4.69, 9.17) is 13.6 Å². The zero-order valence-corrected chi connectivity index (χ0v) is 15.5. The van der Waals surface area contributed by atoms with Crippen LogP contribution in [0.2, 0.25) is 0 Å². The topological polar surface area (TPSA) is 39.4 Å². The molecule has 2 atom stereocenters. The van der Waals surface area contributed by atoms with E-state index in [0.717, 1.165) is 12.2 Å². The van der Waals surface area contributed by atoms with Crippen LogP contribution in [0.25, 0.3) is 0 Å². The molecule has 3 aliphatic rings. The third-order valence-electron chi connectivity index (χ3n) is 6.60. The fourth-order valence-electron chi connectivity index (χ4n) is 5.54. The minimum Gasteiger partial charge on any atom is -0.496 e. The van der Waals surface area contributed by atoms with Crippen LogP contribution < -0.4 is 9.30 Å². The van der Waals surface area contributed by atoms with Crippen molar-refractivity contribution in [1.29, 1.82) is 0 Å². The van der Waals surface area contributed by atoms with Gasteiger partial charge in [0.15, 0.2) is 17.9 Å². The summed E-state index contributed by atoms with van der Waals surface area (Å²) in [7, 11) is 1.76. The highest BCUT2D eigenvalue weighted by Gasteiger charge is 2.60. The fourth-order valence-corrected chi connectivity index (χ4v) is 5.54. The van der Waals surface area contributed by atoms with E-state index in [9.17, 15) is 0 Å². The lowest BCUT2D eigenvalue weighted by Gasteiger charge is -2.48. The number of methoxy groups -OCH3 is 1. The van der Waals surface area contributed by atoms with Crippen molar-refractivity contribution in [3.63, 3.8) is 0 Å². The molecule has 1 aromatic carbocycles. The van der Waals surface area contributed by atoms with Gasteiger partial charge in [-0.25, -0.2) is 0 Å². The van der Waals surface area contributed by atoms with Crippen LogP contribution in [0.5, 0.6) is 5.75 Å². The maximum absolute atomic E-state index is 5.85. The Morgan fingerprint density at radius 2 is 1.75 bits per heavy atom. The molecule has 5 heterocycles. The molecule has 138 valence electrons. The van der Waals surface area contributed by atoms with Crippen LogP contribution in [0.1, 0.15) is 46.3 Å². The number of hydrogen-bond acceptors (Lipinski definition) is 3. The van der Waals surface area contributed by atoms with Gasteiger partial charge in [0.2, 0.25) is 0 Å². The number of aromatic nitrogens is 1. The minimum atomic E-state index is -0.270. The van der Waals surface area contributed by atoms with Crippen LogP contribution >= 0.6 is 0 Å². The highest BCUT2D eigenvalue weighted by molar-refractivity contribution is 5.58. The lowest BCUT2D eigenvalue weighted by Crippen LogP contribution is -2.60. The van der Waals surface area contributed by atoms with Crippen LogP contribution in [-0.2, 0) is 5.41 Å². The standard InChI is InChI=1S/C24H20NO3/c1-26-21-7-4-5-18-20-13-24(16-8-11-27-14-16,17-9-12-28-15-17)23(22(18)21)19-6-2-3-10-25(19)20/h2-12,14-15,20,23H,13H2,1H3/q+1/t20-,23-/m1/s1. The first-order chi connectivity index (χ1) is 13.8. The van der Waals surface area contributed by atoms with Crippen molar-refractivity contribution in [2.75, 3.05) is 7.11 Å². The average molecular weight is 370 g/mol. The maximum atomic E-state index is 5.85. The second-order valence-corrected chi connectivity index (χ2v) is 7.64. The highest BCUT2D eigenvalue weighted by Crippen LogP contribution is 2.61. The SMILES string of the molecule is COc1cccc2c1[C@H]1c3cccc[n+]3[C@@H]2CC1(c1ccoc1)c1ccoc1. The van der Waals surface area contributed by atoms with Crippen LogP contribution in [0, 0.1) is 0 Å². The average Bonchev–Trinajstić information content (AvgIpc) is 3.48. The van der Waals surface area contributed by atoms with Crippen molar-refractivity contribution >= 4 is 0 Å². The molecule has 0 saturated heterocycles. The summed E-state index contributed by atoms with van der Waals surface area (Å²) in [5, 5.41) is 0. The predicted octanol–water partition coefficient (Wildman–Crippen LogP) is 4.59. The van der Waals surface area contributed by atoms with Gasteiger partial charge in [0.05, 0.1) is 43.5 Å². The molecule has 0 fully saturated rings. The summed E-state index contributed by atoms with van der Waals surface area (Å²) in [6.45, 7) is 0. The third-order valence-corrected chi connectivity index (χ3v) is 6.60. The van der Waals surface area contributed by atoms with E-state index >= 15 is 0 Å². The molecule has 0 spiro atoms. The number of pyridine rings is 1. The van der Waals surface area contributed by atoms with E-state index in [1.165, 1.54) is 27.9 Å². The van der Waals surface area contributed by atoms with Gasteiger partial charge in [-0.15, -0.1) is 0 Å². The summed E-state index contributed by atoms with van der Waals surface area (Å²) in [4.78, 5) is 0. The number of nitrogens with zero attached hydrogens (tertiary/aromatic N) is 1. The largest absolute Gasteiger partial charge is 0.496 e. The van der Waals surface area contributed by atoms with E-state index in [2.05, 4.69) is 59.3 Å². The van der Waals surface area contributed by atoms with Crippen molar-refractivity contribution in [1.82, 2.24) is 0 Å². The van der Waals surface area contributed by atoms with Crippen LogP contribution in [0.3, 0.4) is 0 Å². The summed E-state index contributed by atoms with van der Waals surface area (Å²) < 4.78 is 19.4. The monoisotopic (exact) mass is 370 g/mol. The highest BCUT2D eigenvalue weighted by atomic mass is 16.5. The summed E-state index contributed by atoms with van der Waals surface area (Å²) >= 11 is 0. The molecule has 0 radical (unpaired) electrons. The molecule has 0 unspecified atom stereocenters. The van der Waals surface area contributed by atoms with Gasteiger partial charge in [-0.3, -0.25) is 0 Å². The van der Waals surface area contributed by atoms with Gasteiger partial charge in [-0.2, -0.15) is 4.57 Å². The van der Waals surface area contributed by atoms with E-state index < -0.39 is 0 Å². The molecule has 0 N–H and O–H groups in total. The summed E-state index contributed by atoms with van der Waals surface area (Å²) in [6.07, 6.45) is 10.4. The lowest BCUT2D eigenvalue weighted by molar-refractivity contribution is -0.732. The van der Waals surface area contributed by atoms with Crippen molar-refractivity contribution in [3.8, 4) is 5.75 Å². The number of hydrogen-bond donors (Lipinski definition) is 0. The van der Waals surface area contributed by atoms with E-state index in [1.807, 2.05) is 12.5 Å². The lowest BCUT2D eigenvalue weighted by atomic mass is 9.54. The summed E-state index contributed by atoms with van der Waals surface area (Å²) in [6, 6.07) is 17.3. The quantitative estimate of drug-likeness (QED) is 0.495. The Balaban J connectivity index is 1.74. The maximum Gasteiger partial charge on any atom is 0.190 e. The van der Waals surface area contributed by atoms with Gasteiger partial charge >= 0.3 is 0 Å². The second kappa shape index (κ2) is 5.61.